The number of aryl methyl sites for hydroxylation is 1. The first-order valence-corrected chi connectivity index (χ1v) is 6.83. The van der Waals surface area contributed by atoms with Crippen LogP contribution in [0, 0.1) is 6.92 Å². The van der Waals surface area contributed by atoms with Crippen molar-refractivity contribution in [1.82, 2.24) is 4.98 Å². The molecule has 1 aliphatic carbocycles. The van der Waals surface area contributed by atoms with Gasteiger partial charge in [-0.15, -0.1) is 0 Å². The summed E-state index contributed by atoms with van der Waals surface area (Å²) in [5.74, 6) is -0.595. The molecule has 1 spiro atoms. The second-order valence-electron chi connectivity index (χ2n) is 4.99. The second kappa shape index (κ2) is 3.77. The highest BCUT2D eigenvalue weighted by Gasteiger charge is 2.51. The molecule has 17 heavy (non-hydrogen) atoms. The molecule has 0 bridgehead atoms. The highest BCUT2D eigenvalue weighted by atomic mass is 79.9. The van der Waals surface area contributed by atoms with Crippen LogP contribution in [0.4, 0.5) is 0 Å². The summed E-state index contributed by atoms with van der Waals surface area (Å²) in [4.78, 5) is 4.59. The Hall–Kier alpha value is -0.450. The first kappa shape index (κ1) is 11.6. The molecule has 0 radical (unpaired) electrons. The molecule has 3 rings (SSSR count). The number of aromatic nitrogens is 1. The van der Waals surface area contributed by atoms with Crippen LogP contribution in [0.25, 0.3) is 0 Å². The number of rotatable bonds is 0. The number of pyridine rings is 1. The number of hydrogen-bond donors (Lipinski definition) is 0. The summed E-state index contributed by atoms with van der Waals surface area (Å²) < 4.78 is 13.0. The monoisotopic (exact) mass is 297 g/mol. The number of halogens is 1. The molecule has 2 atom stereocenters. The maximum Gasteiger partial charge on any atom is 0.213 e. The molecule has 0 saturated carbocycles. The first-order valence-electron chi connectivity index (χ1n) is 6.04. The SMILES string of the molecule is Cc1cc(Br)nc2c1CCC21O[C@@H](C)[C@H](C)O1. The molecule has 2 aliphatic rings. The Kier molecular flexibility index (Phi) is 2.58. The van der Waals surface area contributed by atoms with Gasteiger partial charge in [-0.2, -0.15) is 0 Å². The predicted octanol–water partition coefficient (Wildman–Crippen LogP) is 3.08. The molecule has 2 heterocycles. The molecule has 0 N–H and O–H groups in total. The van der Waals surface area contributed by atoms with Crippen molar-refractivity contribution in [3.63, 3.8) is 0 Å². The third-order valence-corrected chi connectivity index (χ3v) is 4.20. The van der Waals surface area contributed by atoms with Crippen LogP contribution in [0.5, 0.6) is 0 Å². The van der Waals surface area contributed by atoms with Crippen LogP contribution in [0.15, 0.2) is 10.7 Å². The van der Waals surface area contributed by atoms with Crippen molar-refractivity contribution in [2.24, 2.45) is 0 Å². The van der Waals surface area contributed by atoms with Gasteiger partial charge in [0.2, 0.25) is 5.79 Å². The molecule has 0 unspecified atom stereocenters. The minimum Gasteiger partial charge on any atom is -0.339 e. The minimum absolute atomic E-state index is 0.127. The second-order valence-corrected chi connectivity index (χ2v) is 5.80. The van der Waals surface area contributed by atoms with Crippen molar-refractivity contribution in [3.8, 4) is 0 Å². The number of fused-ring (bicyclic) bond motifs is 2. The van der Waals surface area contributed by atoms with Gasteiger partial charge in [0, 0.05) is 6.42 Å². The molecule has 3 nitrogen and oxygen atoms in total. The standard InChI is InChI=1S/C13H16BrNO2/c1-7-6-11(14)15-12-10(7)4-5-13(12)16-8(2)9(3)17-13/h6,8-9H,4-5H2,1-3H3/t8-,9-/m0/s1. The quantitative estimate of drug-likeness (QED) is 0.690. The zero-order valence-corrected chi connectivity index (χ0v) is 11.9. The molecule has 1 aromatic rings. The molecule has 1 aliphatic heterocycles. The predicted molar refractivity (Wildman–Crippen MR) is 67.8 cm³/mol. The number of ether oxygens (including phenoxy) is 2. The highest BCUT2D eigenvalue weighted by Crippen LogP contribution is 2.47. The molecular weight excluding hydrogens is 282 g/mol. The third-order valence-electron chi connectivity index (χ3n) is 3.79. The summed E-state index contributed by atoms with van der Waals surface area (Å²) in [5, 5.41) is 0. The lowest BCUT2D eigenvalue weighted by Gasteiger charge is -2.23. The summed E-state index contributed by atoms with van der Waals surface area (Å²) >= 11 is 3.45. The molecule has 1 fully saturated rings. The molecular formula is C13H16BrNO2. The van der Waals surface area contributed by atoms with Crippen molar-refractivity contribution in [2.45, 2.75) is 51.6 Å². The van der Waals surface area contributed by atoms with Crippen LogP contribution in [0.3, 0.4) is 0 Å². The topological polar surface area (TPSA) is 31.4 Å². The van der Waals surface area contributed by atoms with Crippen molar-refractivity contribution < 1.29 is 9.47 Å². The Labute approximate surface area is 110 Å². The highest BCUT2D eigenvalue weighted by molar-refractivity contribution is 9.10. The van der Waals surface area contributed by atoms with Gasteiger partial charge in [-0.1, -0.05) is 0 Å². The fourth-order valence-electron chi connectivity index (χ4n) is 2.75. The van der Waals surface area contributed by atoms with E-state index in [0.717, 1.165) is 23.1 Å². The van der Waals surface area contributed by atoms with Crippen LogP contribution in [0.1, 0.15) is 37.1 Å². The average molecular weight is 298 g/mol. The van der Waals surface area contributed by atoms with E-state index in [-0.39, 0.29) is 12.2 Å². The van der Waals surface area contributed by atoms with Crippen molar-refractivity contribution in [3.05, 3.63) is 27.5 Å². The van der Waals surface area contributed by atoms with E-state index in [1.54, 1.807) is 0 Å². The minimum atomic E-state index is -0.595. The van der Waals surface area contributed by atoms with Gasteiger partial charge in [-0.3, -0.25) is 0 Å². The summed E-state index contributed by atoms with van der Waals surface area (Å²) in [6, 6.07) is 2.06. The smallest absolute Gasteiger partial charge is 0.213 e. The third kappa shape index (κ3) is 1.65. The summed E-state index contributed by atoms with van der Waals surface area (Å²) in [6.07, 6.45) is 2.12. The van der Waals surface area contributed by atoms with Gasteiger partial charge in [0.15, 0.2) is 0 Å². The van der Waals surface area contributed by atoms with E-state index in [0.29, 0.717) is 0 Å². The van der Waals surface area contributed by atoms with Crippen LogP contribution in [-0.2, 0) is 21.7 Å². The van der Waals surface area contributed by atoms with Gasteiger partial charge in [0.25, 0.3) is 0 Å². The van der Waals surface area contributed by atoms with Crippen molar-refractivity contribution in [1.29, 1.82) is 0 Å². The lowest BCUT2D eigenvalue weighted by molar-refractivity contribution is -0.182. The van der Waals surface area contributed by atoms with E-state index in [1.165, 1.54) is 11.1 Å². The maximum absolute atomic E-state index is 6.05. The van der Waals surface area contributed by atoms with Crippen LogP contribution < -0.4 is 0 Å². The lowest BCUT2D eigenvalue weighted by Crippen LogP contribution is -2.26. The van der Waals surface area contributed by atoms with Gasteiger partial charge in [-0.25, -0.2) is 4.98 Å². The van der Waals surface area contributed by atoms with Gasteiger partial charge >= 0.3 is 0 Å². The van der Waals surface area contributed by atoms with Crippen LogP contribution in [0.2, 0.25) is 0 Å². The molecule has 0 amide bonds. The van der Waals surface area contributed by atoms with E-state index in [1.807, 2.05) is 0 Å². The average Bonchev–Trinajstić information content (AvgIpc) is 2.71. The van der Waals surface area contributed by atoms with Crippen molar-refractivity contribution >= 4 is 15.9 Å². The zero-order chi connectivity index (χ0) is 12.2. The first-order chi connectivity index (χ1) is 8.02. The fourth-order valence-corrected chi connectivity index (χ4v) is 3.27. The number of hydrogen-bond acceptors (Lipinski definition) is 3. The zero-order valence-electron chi connectivity index (χ0n) is 10.3. The number of nitrogens with zero attached hydrogens (tertiary/aromatic N) is 1. The Morgan fingerprint density at radius 1 is 1.35 bits per heavy atom. The van der Waals surface area contributed by atoms with E-state index in [9.17, 15) is 0 Å². The maximum atomic E-state index is 6.05. The molecule has 92 valence electrons. The van der Waals surface area contributed by atoms with E-state index < -0.39 is 5.79 Å². The summed E-state index contributed by atoms with van der Waals surface area (Å²) in [7, 11) is 0. The Morgan fingerprint density at radius 2 is 2.00 bits per heavy atom. The molecule has 0 aromatic carbocycles. The largest absolute Gasteiger partial charge is 0.339 e. The lowest BCUT2D eigenvalue weighted by atomic mass is 10.1. The Bertz CT molecular complexity index is 465. The fraction of sp³-hybridized carbons (Fsp3) is 0.615. The van der Waals surface area contributed by atoms with Crippen LogP contribution in [-0.4, -0.2) is 17.2 Å². The van der Waals surface area contributed by atoms with Gasteiger partial charge in [0.05, 0.1) is 12.2 Å². The van der Waals surface area contributed by atoms with E-state index >= 15 is 0 Å². The normalized spacial score (nSPS) is 29.9. The van der Waals surface area contributed by atoms with Gasteiger partial charge in [-0.05, 0) is 60.3 Å². The summed E-state index contributed by atoms with van der Waals surface area (Å²) in [5.41, 5.74) is 3.52. The van der Waals surface area contributed by atoms with Gasteiger partial charge < -0.3 is 9.47 Å². The Balaban J connectivity index is 2.10. The summed E-state index contributed by atoms with van der Waals surface area (Å²) in [6.45, 7) is 6.23. The van der Waals surface area contributed by atoms with E-state index in [2.05, 4.69) is 47.8 Å². The van der Waals surface area contributed by atoms with Crippen molar-refractivity contribution in [2.75, 3.05) is 0 Å². The molecule has 4 heteroatoms. The molecule has 1 saturated heterocycles. The van der Waals surface area contributed by atoms with Gasteiger partial charge in [0.1, 0.15) is 10.3 Å². The molecule has 1 aromatic heterocycles. The van der Waals surface area contributed by atoms with Crippen LogP contribution >= 0.6 is 15.9 Å². The Morgan fingerprint density at radius 3 is 2.65 bits per heavy atom. The van der Waals surface area contributed by atoms with E-state index in [4.69, 9.17) is 9.47 Å².